The Kier molecular flexibility index (Phi) is 2.08. The van der Waals surface area contributed by atoms with Crippen LogP contribution in [0.1, 0.15) is 31.9 Å². The Morgan fingerprint density at radius 3 is 2.79 bits per heavy atom. The summed E-state index contributed by atoms with van der Waals surface area (Å²) in [6, 6.07) is 2.03. The molecule has 0 bridgehead atoms. The fourth-order valence-corrected chi connectivity index (χ4v) is 1.48. The lowest BCUT2D eigenvalue weighted by atomic mass is 10.2. The van der Waals surface area contributed by atoms with E-state index in [0.717, 1.165) is 19.3 Å². The standard InChI is InChI=1S/C10H12N4/c1-2-10(3-4-10)14-9-8(7-11)12-5-6-13-9/h5-6H,2-4H2,1H3,(H,13,14). The van der Waals surface area contributed by atoms with Crippen molar-refractivity contribution in [2.75, 3.05) is 5.32 Å². The first kappa shape index (κ1) is 8.95. The molecule has 72 valence electrons. The third-order valence-corrected chi connectivity index (χ3v) is 2.72. The second-order valence-electron chi connectivity index (χ2n) is 3.62. The van der Waals surface area contributed by atoms with Crippen LogP contribution in [0.15, 0.2) is 12.4 Å². The molecule has 0 aromatic carbocycles. The van der Waals surface area contributed by atoms with Gasteiger partial charge in [-0.2, -0.15) is 5.26 Å². The van der Waals surface area contributed by atoms with Crippen molar-refractivity contribution >= 4 is 5.82 Å². The highest BCUT2D eigenvalue weighted by atomic mass is 15.1. The second kappa shape index (κ2) is 3.26. The predicted octanol–water partition coefficient (Wildman–Crippen LogP) is 1.70. The summed E-state index contributed by atoms with van der Waals surface area (Å²) in [5, 5.41) is 12.1. The quantitative estimate of drug-likeness (QED) is 0.784. The van der Waals surface area contributed by atoms with Crippen LogP contribution >= 0.6 is 0 Å². The summed E-state index contributed by atoms with van der Waals surface area (Å²) in [7, 11) is 0. The molecular formula is C10H12N4. The van der Waals surface area contributed by atoms with Crippen LogP contribution < -0.4 is 5.32 Å². The third kappa shape index (κ3) is 1.53. The maximum Gasteiger partial charge on any atom is 0.182 e. The minimum Gasteiger partial charge on any atom is -0.362 e. The van der Waals surface area contributed by atoms with E-state index in [1.807, 2.05) is 6.07 Å². The molecule has 1 aromatic rings. The van der Waals surface area contributed by atoms with E-state index in [9.17, 15) is 0 Å². The first-order chi connectivity index (χ1) is 6.79. The van der Waals surface area contributed by atoms with Crippen LogP contribution in [0.4, 0.5) is 5.82 Å². The maximum absolute atomic E-state index is 8.82. The summed E-state index contributed by atoms with van der Waals surface area (Å²) >= 11 is 0. The van der Waals surface area contributed by atoms with Gasteiger partial charge in [-0.15, -0.1) is 0 Å². The van der Waals surface area contributed by atoms with E-state index in [4.69, 9.17) is 5.26 Å². The van der Waals surface area contributed by atoms with E-state index in [0.29, 0.717) is 11.5 Å². The molecule has 1 aliphatic carbocycles. The number of aromatic nitrogens is 2. The fraction of sp³-hybridized carbons (Fsp3) is 0.500. The Balaban J connectivity index is 2.21. The Morgan fingerprint density at radius 2 is 2.21 bits per heavy atom. The van der Waals surface area contributed by atoms with E-state index in [1.54, 1.807) is 6.20 Å². The van der Waals surface area contributed by atoms with Gasteiger partial charge in [0, 0.05) is 17.9 Å². The summed E-state index contributed by atoms with van der Waals surface area (Å²) in [6.07, 6.45) is 6.52. The van der Waals surface area contributed by atoms with Gasteiger partial charge >= 0.3 is 0 Å². The molecule has 1 aliphatic rings. The van der Waals surface area contributed by atoms with Gasteiger partial charge in [0.05, 0.1) is 0 Å². The molecule has 14 heavy (non-hydrogen) atoms. The number of nitrogens with zero attached hydrogens (tertiary/aromatic N) is 3. The largest absolute Gasteiger partial charge is 0.362 e. The van der Waals surface area contributed by atoms with E-state index in [1.165, 1.54) is 6.20 Å². The number of hydrogen-bond acceptors (Lipinski definition) is 4. The molecule has 1 saturated carbocycles. The van der Waals surface area contributed by atoms with Gasteiger partial charge in [0.25, 0.3) is 0 Å². The summed E-state index contributed by atoms with van der Waals surface area (Å²) in [4.78, 5) is 8.08. The lowest BCUT2D eigenvalue weighted by Gasteiger charge is -2.15. The van der Waals surface area contributed by atoms with E-state index < -0.39 is 0 Å². The molecule has 0 unspecified atom stereocenters. The zero-order chi connectivity index (χ0) is 10.0. The van der Waals surface area contributed by atoms with Crippen molar-refractivity contribution in [2.24, 2.45) is 0 Å². The number of hydrogen-bond donors (Lipinski definition) is 1. The first-order valence-corrected chi connectivity index (χ1v) is 4.79. The van der Waals surface area contributed by atoms with Gasteiger partial charge in [-0.05, 0) is 19.3 Å². The second-order valence-corrected chi connectivity index (χ2v) is 3.62. The van der Waals surface area contributed by atoms with Gasteiger partial charge in [0.1, 0.15) is 6.07 Å². The molecule has 1 aromatic heterocycles. The Labute approximate surface area is 83.0 Å². The highest BCUT2D eigenvalue weighted by molar-refractivity contribution is 5.50. The molecule has 0 spiro atoms. The summed E-state index contributed by atoms with van der Waals surface area (Å²) in [5.41, 5.74) is 0.564. The zero-order valence-corrected chi connectivity index (χ0v) is 8.12. The summed E-state index contributed by atoms with van der Waals surface area (Å²) < 4.78 is 0. The molecule has 1 heterocycles. The molecule has 1 fully saturated rings. The lowest BCUT2D eigenvalue weighted by Crippen LogP contribution is -2.21. The highest BCUT2D eigenvalue weighted by Crippen LogP contribution is 2.41. The maximum atomic E-state index is 8.82. The highest BCUT2D eigenvalue weighted by Gasteiger charge is 2.41. The average molecular weight is 188 g/mol. The van der Waals surface area contributed by atoms with Gasteiger partial charge in [0.2, 0.25) is 0 Å². The van der Waals surface area contributed by atoms with Crippen LogP contribution in [0.5, 0.6) is 0 Å². The molecular weight excluding hydrogens is 176 g/mol. The molecule has 4 nitrogen and oxygen atoms in total. The van der Waals surface area contributed by atoms with Crippen molar-refractivity contribution in [3.05, 3.63) is 18.1 Å². The van der Waals surface area contributed by atoms with Crippen molar-refractivity contribution in [3.63, 3.8) is 0 Å². The van der Waals surface area contributed by atoms with Gasteiger partial charge in [-0.25, -0.2) is 9.97 Å². The van der Waals surface area contributed by atoms with Gasteiger partial charge < -0.3 is 5.32 Å². The van der Waals surface area contributed by atoms with Crippen LogP contribution in [0.25, 0.3) is 0 Å². The summed E-state index contributed by atoms with van der Waals surface area (Å²) in [5.74, 6) is 0.620. The SMILES string of the molecule is CCC1(Nc2nccnc2C#N)CC1. The lowest BCUT2D eigenvalue weighted by molar-refractivity contribution is 0.696. The normalized spacial score (nSPS) is 17.1. The number of rotatable bonds is 3. The molecule has 0 aliphatic heterocycles. The molecule has 0 amide bonds. The van der Waals surface area contributed by atoms with E-state index >= 15 is 0 Å². The van der Waals surface area contributed by atoms with E-state index in [2.05, 4.69) is 22.2 Å². The van der Waals surface area contributed by atoms with Crippen LogP contribution in [-0.2, 0) is 0 Å². The summed E-state index contributed by atoms with van der Waals surface area (Å²) in [6.45, 7) is 2.14. The van der Waals surface area contributed by atoms with Crippen molar-refractivity contribution in [3.8, 4) is 6.07 Å². The van der Waals surface area contributed by atoms with Crippen molar-refractivity contribution in [1.82, 2.24) is 9.97 Å². The molecule has 0 radical (unpaired) electrons. The molecule has 0 atom stereocenters. The van der Waals surface area contributed by atoms with Gasteiger partial charge in [-0.3, -0.25) is 0 Å². The van der Waals surface area contributed by atoms with E-state index in [-0.39, 0.29) is 5.54 Å². The van der Waals surface area contributed by atoms with Crippen LogP contribution in [0, 0.1) is 11.3 Å². The first-order valence-electron chi connectivity index (χ1n) is 4.79. The minimum atomic E-state index is 0.182. The molecule has 0 saturated heterocycles. The third-order valence-electron chi connectivity index (χ3n) is 2.72. The van der Waals surface area contributed by atoms with Crippen molar-refractivity contribution in [2.45, 2.75) is 31.7 Å². The van der Waals surface area contributed by atoms with Crippen molar-refractivity contribution < 1.29 is 0 Å². The number of nitriles is 1. The average Bonchev–Trinajstić information content (AvgIpc) is 2.99. The van der Waals surface area contributed by atoms with Crippen LogP contribution in [0.2, 0.25) is 0 Å². The fourth-order valence-electron chi connectivity index (χ4n) is 1.48. The van der Waals surface area contributed by atoms with Crippen molar-refractivity contribution in [1.29, 1.82) is 5.26 Å². The molecule has 1 N–H and O–H groups in total. The van der Waals surface area contributed by atoms with Gasteiger partial charge in [0.15, 0.2) is 11.5 Å². The van der Waals surface area contributed by atoms with Crippen LogP contribution in [0.3, 0.4) is 0 Å². The smallest absolute Gasteiger partial charge is 0.182 e. The van der Waals surface area contributed by atoms with Gasteiger partial charge in [-0.1, -0.05) is 6.92 Å². The molecule has 2 rings (SSSR count). The number of nitrogens with one attached hydrogen (secondary N) is 1. The number of anilines is 1. The monoisotopic (exact) mass is 188 g/mol. The Hall–Kier alpha value is -1.63. The predicted molar refractivity (Wildman–Crippen MR) is 52.6 cm³/mol. The molecule has 4 heteroatoms. The topological polar surface area (TPSA) is 61.6 Å². The Morgan fingerprint density at radius 1 is 1.50 bits per heavy atom. The Bertz CT molecular complexity index is 376. The zero-order valence-electron chi connectivity index (χ0n) is 8.12. The van der Waals surface area contributed by atoms with Crippen LogP contribution in [-0.4, -0.2) is 15.5 Å². The minimum absolute atomic E-state index is 0.182.